The van der Waals surface area contributed by atoms with Gasteiger partial charge in [-0.05, 0) is 56.5 Å². The van der Waals surface area contributed by atoms with Gasteiger partial charge in [0.2, 0.25) is 0 Å². The smallest absolute Gasteiger partial charge is 0.320 e. The van der Waals surface area contributed by atoms with Crippen LogP contribution in [0.3, 0.4) is 0 Å². The second-order valence-corrected chi connectivity index (χ2v) is 10.2. The number of halogens is 1. The molecule has 10 heteroatoms. The van der Waals surface area contributed by atoms with Crippen molar-refractivity contribution < 1.29 is 18.6 Å². The van der Waals surface area contributed by atoms with Crippen molar-refractivity contribution in [3.05, 3.63) is 35.5 Å². The van der Waals surface area contributed by atoms with Crippen molar-refractivity contribution >= 4 is 16.7 Å². The molecule has 0 spiro atoms. The van der Waals surface area contributed by atoms with Crippen LogP contribution in [0.4, 0.5) is 10.2 Å². The van der Waals surface area contributed by atoms with Gasteiger partial charge in [-0.25, -0.2) is 9.07 Å². The summed E-state index contributed by atoms with van der Waals surface area (Å²) in [6, 6.07) is 6.35. The van der Waals surface area contributed by atoms with Gasteiger partial charge in [0.25, 0.3) is 0 Å². The van der Waals surface area contributed by atoms with Crippen molar-refractivity contribution in [3.63, 3.8) is 0 Å². The molecule has 0 bridgehead atoms. The molecule has 6 rings (SSSR count). The van der Waals surface area contributed by atoms with E-state index in [1.807, 2.05) is 31.1 Å². The molecule has 9 nitrogen and oxygen atoms in total. The molecule has 0 N–H and O–H groups in total. The fraction of sp³-hybridized carbons (Fsp3) is 0.577. The number of nitrogens with zero attached hydrogens (tertiary/aromatic N) is 6. The molecule has 2 aromatic heterocycles. The molecule has 1 aromatic carbocycles. The summed E-state index contributed by atoms with van der Waals surface area (Å²) < 4.78 is 33.8. The lowest BCUT2D eigenvalue weighted by molar-refractivity contribution is -0.191. The first-order valence-corrected chi connectivity index (χ1v) is 12.7. The van der Waals surface area contributed by atoms with Crippen molar-refractivity contribution in [3.8, 4) is 11.8 Å². The molecule has 0 radical (unpaired) electrons. The summed E-state index contributed by atoms with van der Waals surface area (Å²) in [5.41, 5.74) is 3.00. The van der Waals surface area contributed by atoms with Crippen molar-refractivity contribution in [1.82, 2.24) is 24.6 Å². The molecule has 3 saturated heterocycles. The zero-order chi connectivity index (χ0) is 24.8. The Morgan fingerprint density at radius 1 is 1.06 bits per heavy atom. The predicted molar refractivity (Wildman–Crippen MR) is 134 cm³/mol. The maximum atomic E-state index is 14.8. The Kier molecular flexibility index (Phi) is 6.27. The molecule has 0 saturated carbocycles. The highest BCUT2D eigenvalue weighted by Crippen LogP contribution is 2.34. The van der Waals surface area contributed by atoms with Crippen molar-refractivity contribution in [2.24, 2.45) is 0 Å². The number of alkyl halides is 1. The second-order valence-electron chi connectivity index (χ2n) is 10.2. The van der Waals surface area contributed by atoms with Gasteiger partial charge in [-0.2, -0.15) is 15.1 Å². The average molecular weight is 497 g/mol. The van der Waals surface area contributed by atoms with Crippen molar-refractivity contribution in [2.45, 2.75) is 50.7 Å². The zero-order valence-corrected chi connectivity index (χ0v) is 21.1. The summed E-state index contributed by atoms with van der Waals surface area (Å²) in [5, 5.41) is 5.62. The number of likely N-dealkylation sites (tertiary alicyclic amines) is 1. The Morgan fingerprint density at radius 3 is 2.61 bits per heavy atom. The molecule has 3 atom stereocenters. The molecule has 0 aliphatic carbocycles. The number of likely N-dealkylation sites (N-methyl/N-ethyl adjacent to an activating group) is 1. The molecule has 36 heavy (non-hydrogen) atoms. The topological polar surface area (TPSA) is 77.8 Å². The Morgan fingerprint density at radius 2 is 1.89 bits per heavy atom. The van der Waals surface area contributed by atoms with Crippen LogP contribution >= 0.6 is 0 Å². The highest BCUT2D eigenvalue weighted by Gasteiger charge is 2.34. The van der Waals surface area contributed by atoms with E-state index in [0.717, 1.165) is 66.8 Å². The molecule has 3 aliphatic heterocycles. The molecule has 1 unspecified atom stereocenters. The number of hydrogen-bond donors (Lipinski definition) is 0. The van der Waals surface area contributed by atoms with E-state index in [0.29, 0.717) is 18.9 Å². The van der Waals surface area contributed by atoms with Crippen molar-refractivity contribution in [2.75, 3.05) is 51.8 Å². The van der Waals surface area contributed by atoms with Crippen LogP contribution in [0.2, 0.25) is 0 Å². The number of ether oxygens (including phenoxy) is 3. The average Bonchev–Trinajstić information content (AvgIpc) is 3.42. The molecule has 5 heterocycles. The third-order valence-corrected chi connectivity index (χ3v) is 7.52. The Labute approximate surface area is 210 Å². The standard InChI is InChI=1S/C26H33FN6O3/c1-16-8-17-11-28-33(22(17)9-19(16)20-14-31(2)15-21(20)27)24-10-23(29-26(30-24)34-3)32-12-18(13-32)36-25-6-4-5-7-35-25/h8-11,18,20-21,25H,4-7,12-15H2,1-3H3/t20-,21-,25?/m1/s1. The van der Waals surface area contributed by atoms with Gasteiger partial charge < -0.3 is 24.0 Å². The number of anilines is 1. The van der Waals surface area contributed by atoms with E-state index in [1.54, 1.807) is 11.8 Å². The van der Waals surface area contributed by atoms with E-state index in [-0.39, 0.29) is 24.3 Å². The molecule has 3 aromatic rings. The molecule has 0 amide bonds. The normalized spacial score (nSPS) is 25.4. The monoisotopic (exact) mass is 496 g/mol. The van der Waals surface area contributed by atoms with E-state index < -0.39 is 6.17 Å². The number of aromatic nitrogens is 4. The predicted octanol–water partition coefficient (Wildman–Crippen LogP) is 3.23. The summed E-state index contributed by atoms with van der Waals surface area (Å²) in [4.78, 5) is 13.3. The van der Waals surface area contributed by atoms with Crippen LogP contribution in [0.15, 0.2) is 24.4 Å². The maximum Gasteiger partial charge on any atom is 0.320 e. The lowest BCUT2D eigenvalue weighted by Crippen LogP contribution is -2.54. The fourth-order valence-electron chi connectivity index (χ4n) is 5.54. The quantitative estimate of drug-likeness (QED) is 0.515. The highest BCUT2D eigenvalue weighted by molar-refractivity contribution is 5.82. The Bertz CT molecular complexity index is 1240. The highest BCUT2D eigenvalue weighted by atomic mass is 19.1. The van der Waals surface area contributed by atoms with Crippen LogP contribution in [0, 0.1) is 6.92 Å². The second kappa shape index (κ2) is 9.57. The Hall–Kier alpha value is -2.82. The lowest BCUT2D eigenvalue weighted by Gasteiger charge is -2.41. The fourth-order valence-corrected chi connectivity index (χ4v) is 5.54. The van der Waals surface area contributed by atoms with Gasteiger partial charge in [0.1, 0.15) is 12.0 Å². The van der Waals surface area contributed by atoms with E-state index in [9.17, 15) is 4.39 Å². The van der Waals surface area contributed by atoms with Gasteiger partial charge in [0.05, 0.1) is 24.9 Å². The third kappa shape index (κ3) is 4.42. The largest absolute Gasteiger partial charge is 0.467 e. The van der Waals surface area contributed by atoms with Crippen LogP contribution in [-0.4, -0.2) is 90.2 Å². The number of benzene rings is 1. The van der Waals surface area contributed by atoms with Crippen LogP contribution < -0.4 is 9.64 Å². The van der Waals surface area contributed by atoms with Gasteiger partial charge in [0, 0.05) is 50.2 Å². The van der Waals surface area contributed by atoms with E-state index in [2.05, 4.69) is 32.1 Å². The number of hydrogen-bond acceptors (Lipinski definition) is 8. The minimum Gasteiger partial charge on any atom is -0.467 e. The summed E-state index contributed by atoms with van der Waals surface area (Å²) in [6.45, 7) is 5.45. The first-order chi connectivity index (χ1) is 17.5. The molecule has 3 aliphatic rings. The number of fused-ring (bicyclic) bond motifs is 1. The number of methoxy groups -OCH3 is 1. The van der Waals surface area contributed by atoms with E-state index in [4.69, 9.17) is 14.2 Å². The minimum atomic E-state index is -0.881. The SMILES string of the molecule is COc1nc(N2CC(OC3CCCCO3)C2)cc(-n2ncc3cc(C)c([C@H]4CN(C)C[C@H]4F)cc32)n1. The molecular formula is C26H33FN6O3. The van der Waals surface area contributed by atoms with Crippen molar-refractivity contribution in [1.29, 1.82) is 0 Å². The maximum absolute atomic E-state index is 14.8. The van der Waals surface area contributed by atoms with E-state index in [1.165, 1.54) is 0 Å². The first-order valence-electron chi connectivity index (χ1n) is 12.7. The third-order valence-electron chi connectivity index (χ3n) is 7.52. The minimum absolute atomic E-state index is 0.0990. The van der Waals surface area contributed by atoms with Gasteiger partial charge in [-0.15, -0.1) is 0 Å². The molecule has 3 fully saturated rings. The molecular weight excluding hydrogens is 463 g/mol. The number of aryl methyl sites for hydroxylation is 1. The lowest BCUT2D eigenvalue weighted by atomic mass is 9.92. The van der Waals surface area contributed by atoms with Crippen LogP contribution in [0.5, 0.6) is 6.01 Å². The number of rotatable bonds is 6. The zero-order valence-electron chi connectivity index (χ0n) is 21.1. The summed E-state index contributed by atoms with van der Waals surface area (Å²) in [7, 11) is 3.53. The van der Waals surface area contributed by atoms with Crippen LogP contribution in [0.25, 0.3) is 16.7 Å². The summed E-state index contributed by atoms with van der Waals surface area (Å²) >= 11 is 0. The van der Waals surface area contributed by atoms with Gasteiger partial charge in [-0.3, -0.25) is 0 Å². The summed E-state index contributed by atoms with van der Waals surface area (Å²) in [6.07, 6.45) is 4.17. The van der Waals surface area contributed by atoms with Crippen LogP contribution in [-0.2, 0) is 9.47 Å². The van der Waals surface area contributed by atoms with Gasteiger partial charge in [-0.1, -0.05) is 0 Å². The molecule has 192 valence electrons. The van der Waals surface area contributed by atoms with E-state index >= 15 is 0 Å². The van der Waals surface area contributed by atoms with Crippen LogP contribution in [0.1, 0.15) is 36.3 Å². The van der Waals surface area contributed by atoms with Gasteiger partial charge in [0.15, 0.2) is 12.1 Å². The summed E-state index contributed by atoms with van der Waals surface area (Å²) in [5.74, 6) is 1.23. The first kappa shape index (κ1) is 23.6. The Balaban J connectivity index is 1.27. The van der Waals surface area contributed by atoms with Gasteiger partial charge >= 0.3 is 6.01 Å².